The van der Waals surface area contributed by atoms with Crippen LogP contribution in [0.5, 0.6) is 5.75 Å². The topological polar surface area (TPSA) is 131 Å². The second kappa shape index (κ2) is 12.5. The number of nitrogens with one attached hydrogen (secondary N) is 1. The van der Waals surface area contributed by atoms with Crippen molar-refractivity contribution in [3.63, 3.8) is 0 Å². The fourth-order valence-electron chi connectivity index (χ4n) is 6.76. The number of aromatic hydroxyl groups is 1. The highest BCUT2D eigenvalue weighted by Crippen LogP contribution is 2.35. The van der Waals surface area contributed by atoms with Gasteiger partial charge in [0.2, 0.25) is 5.95 Å². The summed E-state index contributed by atoms with van der Waals surface area (Å²) in [7, 11) is 1.84. The van der Waals surface area contributed by atoms with Crippen LogP contribution in [-0.2, 0) is 4.79 Å². The van der Waals surface area contributed by atoms with Gasteiger partial charge in [0.25, 0.3) is 0 Å². The molecule has 3 aliphatic rings. The van der Waals surface area contributed by atoms with E-state index in [0.29, 0.717) is 29.0 Å². The number of carboxylic acid groups (broad SMARTS) is 1. The molecule has 3 N–H and O–H groups in total. The summed E-state index contributed by atoms with van der Waals surface area (Å²) in [5.74, 6) is 1.32. The van der Waals surface area contributed by atoms with Gasteiger partial charge < -0.3 is 30.2 Å². The van der Waals surface area contributed by atoms with Gasteiger partial charge in [-0.3, -0.25) is 4.79 Å². The molecule has 0 spiro atoms. The van der Waals surface area contributed by atoms with Gasteiger partial charge >= 0.3 is 5.97 Å². The van der Waals surface area contributed by atoms with E-state index in [9.17, 15) is 15.0 Å². The minimum Gasteiger partial charge on any atom is -0.507 e. The van der Waals surface area contributed by atoms with Crippen LogP contribution in [-0.4, -0.2) is 93.6 Å². The Hall–Kier alpha value is -3.99. The van der Waals surface area contributed by atoms with Crippen molar-refractivity contribution in [2.75, 3.05) is 61.4 Å². The van der Waals surface area contributed by atoms with Gasteiger partial charge in [0.1, 0.15) is 5.75 Å². The van der Waals surface area contributed by atoms with Crippen molar-refractivity contribution in [1.29, 1.82) is 0 Å². The van der Waals surface area contributed by atoms with Gasteiger partial charge in [0, 0.05) is 62.6 Å². The van der Waals surface area contributed by atoms with E-state index in [0.717, 1.165) is 95.1 Å². The maximum Gasteiger partial charge on any atom is 0.306 e. The zero-order valence-corrected chi connectivity index (χ0v) is 24.2. The zero-order valence-electron chi connectivity index (χ0n) is 24.2. The molecule has 2 aliphatic heterocycles. The minimum atomic E-state index is -0.636. The monoisotopic (exact) mass is 572 g/mol. The van der Waals surface area contributed by atoms with Crippen molar-refractivity contribution in [1.82, 2.24) is 25.1 Å². The number of aromatic nitrogens is 4. The van der Waals surface area contributed by atoms with Gasteiger partial charge in [-0.1, -0.05) is 12.1 Å². The Morgan fingerprint density at radius 1 is 0.905 bits per heavy atom. The van der Waals surface area contributed by atoms with E-state index in [4.69, 9.17) is 4.98 Å². The van der Waals surface area contributed by atoms with E-state index in [-0.39, 0.29) is 11.7 Å². The first-order chi connectivity index (χ1) is 20.5. The molecule has 0 amide bonds. The highest BCUT2D eigenvalue weighted by Gasteiger charge is 2.32. The van der Waals surface area contributed by atoms with Gasteiger partial charge in [-0.05, 0) is 75.9 Å². The van der Waals surface area contributed by atoms with Crippen LogP contribution in [0.3, 0.4) is 0 Å². The number of piperidine rings is 1. The number of phenols is 1. The van der Waals surface area contributed by atoms with Crippen LogP contribution in [0.4, 0.5) is 17.5 Å². The van der Waals surface area contributed by atoms with Crippen LogP contribution in [0.25, 0.3) is 11.3 Å². The lowest BCUT2D eigenvalue weighted by molar-refractivity contribution is -0.143. The molecule has 3 fully saturated rings. The summed E-state index contributed by atoms with van der Waals surface area (Å²) in [6.07, 6.45) is 7.63. The summed E-state index contributed by atoms with van der Waals surface area (Å²) >= 11 is 0. The Balaban J connectivity index is 1.06. The van der Waals surface area contributed by atoms with E-state index < -0.39 is 5.97 Å². The number of nitrogens with zero attached hydrogens (tertiary/aromatic N) is 7. The molecule has 0 atom stereocenters. The first-order valence-electron chi connectivity index (χ1n) is 15.1. The highest BCUT2D eigenvalue weighted by atomic mass is 16.4. The molecule has 11 heteroatoms. The third-order valence-electron chi connectivity index (χ3n) is 9.27. The van der Waals surface area contributed by atoms with Gasteiger partial charge in [-0.2, -0.15) is 0 Å². The number of para-hydroxylation sites is 1. The second-order valence-corrected chi connectivity index (χ2v) is 11.6. The Kier molecular flexibility index (Phi) is 8.36. The number of piperazine rings is 1. The molecule has 11 nitrogen and oxygen atoms in total. The van der Waals surface area contributed by atoms with Crippen LogP contribution < -0.4 is 15.1 Å². The SMILES string of the molecule is CNc1nnc(-c2ccccc2O)cc1N1CCN(c2nccc(C3CCN(C4CCC(C(=O)O)CC4)CC3)n2)CC1. The number of benzene rings is 1. The molecule has 6 rings (SSSR count). The van der Waals surface area contributed by atoms with Crippen molar-refractivity contribution < 1.29 is 15.0 Å². The molecule has 1 aromatic carbocycles. The molecule has 4 heterocycles. The number of rotatable bonds is 7. The van der Waals surface area contributed by atoms with Gasteiger partial charge in [0.15, 0.2) is 5.82 Å². The zero-order chi connectivity index (χ0) is 29.1. The number of carbonyl (C=O) groups is 1. The fraction of sp³-hybridized carbons (Fsp3) is 0.516. The normalized spacial score (nSPS) is 22.2. The van der Waals surface area contributed by atoms with Crippen molar-refractivity contribution in [2.45, 2.75) is 50.5 Å². The average molecular weight is 573 g/mol. The number of phenolic OH excluding ortho intramolecular Hbond substituents is 1. The smallest absolute Gasteiger partial charge is 0.306 e. The van der Waals surface area contributed by atoms with Crippen molar-refractivity contribution in [3.8, 4) is 17.0 Å². The first kappa shape index (κ1) is 28.1. The predicted octanol–water partition coefficient (Wildman–Crippen LogP) is 3.83. The third-order valence-corrected chi connectivity index (χ3v) is 9.27. The summed E-state index contributed by atoms with van der Waals surface area (Å²) in [5.41, 5.74) is 3.39. The molecule has 3 aromatic rings. The van der Waals surface area contributed by atoms with E-state index in [1.807, 2.05) is 31.4 Å². The lowest BCUT2D eigenvalue weighted by Crippen LogP contribution is -2.47. The van der Waals surface area contributed by atoms with Gasteiger partial charge in [-0.15, -0.1) is 10.2 Å². The largest absolute Gasteiger partial charge is 0.507 e. The molecular formula is C31H40N8O3. The average Bonchev–Trinajstić information content (AvgIpc) is 3.05. The van der Waals surface area contributed by atoms with E-state index in [1.54, 1.807) is 12.1 Å². The Bertz CT molecular complexity index is 1380. The number of hydrogen-bond donors (Lipinski definition) is 3. The quantitative estimate of drug-likeness (QED) is 0.382. The highest BCUT2D eigenvalue weighted by molar-refractivity contribution is 5.75. The number of likely N-dealkylation sites (tertiary alicyclic amines) is 1. The molecule has 1 aliphatic carbocycles. The van der Waals surface area contributed by atoms with Crippen molar-refractivity contribution in [3.05, 3.63) is 48.3 Å². The molecule has 2 aromatic heterocycles. The summed E-state index contributed by atoms with van der Waals surface area (Å²) in [6, 6.07) is 11.8. The van der Waals surface area contributed by atoms with Crippen LogP contribution in [0, 0.1) is 5.92 Å². The number of aliphatic carboxylic acids is 1. The minimum absolute atomic E-state index is 0.159. The number of hydrogen-bond acceptors (Lipinski definition) is 10. The Morgan fingerprint density at radius 3 is 2.31 bits per heavy atom. The van der Waals surface area contributed by atoms with Crippen LogP contribution in [0.15, 0.2) is 42.6 Å². The molecular weight excluding hydrogens is 532 g/mol. The molecule has 1 saturated carbocycles. The summed E-state index contributed by atoms with van der Waals surface area (Å²) < 4.78 is 0. The maximum atomic E-state index is 11.3. The van der Waals surface area contributed by atoms with E-state index in [2.05, 4.69) is 41.3 Å². The second-order valence-electron chi connectivity index (χ2n) is 11.6. The summed E-state index contributed by atoms with van der Waals surface area (Å²) in [4.78, 5) is 28.1. The first-order valence-corrected chi connectivity index (χ1v) is 15.1. The van der Waals surface area contributed by atoms with Gasteiger partial charge in [0.05, 0.1) is 17.3 Å². The van der Waals surface area contributed by atoms with Crippen molar-refractivity contribution >= 4 is 23.4 Å². The van der Waals surface area contributed by atoms with E-state index in [1.165, 1.54) is 0 Å². The van der Waals surface area contributed by atoms with Crippen LogP contribution in [0.1, 0.15) is 50.1 Å². The summed E-state index contributed by atoms with van der Waals surface area (Å²) in [5, 5.41) is 31.5. The lowest BCUT2D eigenvalue weighted by atomic mass is 9.84. The predicted molar refractivity (Wildman–Crippen MR) is 162 cm³/mol. The third kappa shape index (κ3) is 5.97. The Labute approximate surface area is 246 Å². The fourth-order valence-corrected chi connectivity index (χ4v) is 6.76. The van der Waals surface area contributed by atoms with Crippen LogP contribution >= 0.6 is 0 Å². The van der Waals surface area contributed by atoms with Gasteiger partial charge in [-0.25, -0.2) is 9.97 Å². The number of carboxylic acids is 1. The lowest BCUT2D eigenvalue weighted by Gasteiger charge is -2.40. The molecule has 2 saturated heterocycles. The molecule has 0 radical (unpaired) electrons. The van der Waals surface area contributed by atoms with E-state index >= 15 is 0 Å². The summed E-state index contributed by atoms with van der Waals surface area (Å²) in [6.45, 7) is 5.24. The maximum absolute atomic E-state index is 11.3. The van der Waals surface area contributed by atoms with Crippen LogP contribution in [0.2, 0.25) is 0 Å². The van der Waals surface area contributed by atoms with Crippen molar-refractivity contribution in [2.24, 2.45) is 5.92 Å². The molecule has 0 unspecified atom stereocenters. The molecule has 0 bridgehead atoms. The number of anilines is 3. The molecule has 222 valence electrons. The Morgan fingerprint density at radius 2 is 1.62 bits per heavy atom. The molecule has 42 heavy (non-hydrogen) atoms. The standard InChI is InChI=1S/C31H40N8O3/c1-32-29-27(20-26(35-36-29)24-4-2-3-5-28(24)40)38-16-18-39(19-17-38)31-33-13-10-25(34-31)21-11-14-37(15-12-21)23-8-6-22(7-9-23)30(41)42/h2-5,10,13,20-23,40H,6-9,11-12,14-19H2,1H3,(H,32,36)(H,41,42).